The molecule has 1 atom stereocenters. The van der Waals surface area contributed by atoms with E-state index in [4.69, 9.17) is 5.11 Å². The number of methoxy groups -OCH3 is 1. The highest BCUT2D eigenvalue weighted by Gasteiger charge is 2.19. The van der Waals surface area contributed by atoms with Crippen LogP contribution in [0.5, 0.6) is 0 Å². The van der Waals surface area contributed by atoms with Crippen LogP contribution in [-0.4, -0.2) is 36.9 Å². The summed E-state index contributed by atoms with van der Waals surface area (Å²) in [6.07, 6.45) is 1.87. The third kappa shape index (κ3) is 4.24. The summed E-state index contributed by atoms with van der Waals surface area (Å²) in [6, 6.07) is -0.328. The fourth-order valence-electron chi connectivity index (χ4n) is 1.15. The average molecular weight is 189 g/mol. The van der Waals surface area contributed by atoms with Gasteiger partial charge in [-0.25, -0.2) is 0 Å². The van der Waals surface area contributed by atoms with Crippen LogP contribution in [0.3, 0.4) is 0 Å². The molecule has 0 heterocycles. The lowest BCUT2D eigenvalue weighted by Gasteiger charge is -2.20. The number of ether oxygens (including phenoxy) is 1. The van der Waals surface area contributed by atoms with Gasteiger partial charge in [-0.05, 0) is 12.8 Å². The Hall–Kier alpha value is -0.610. The number of esters is 1. The molecule has 78 valence electrons. The second-order valence-corrected chi connectivity index (χ2v) is 2.94. The van der Waals surface area contributed by atoms with Gasteiger partial charge in [0.05, 0.1) is 13.7 Å². The molecule has 0 aromatic heterocycles. The van der Waals surface area contributed by atoms with Crippen molar-refractivity contribution < 1.29 is 14.6 Å². The third-order valence-corrected chi connectivity index (χ3v) is 2.09. The van der Waals surface area contributed by atoms with Crippen LogP contribution < -0.4 is 5.32 Å². The Balaban J connectivity index is 4.02. The fraction of sp³-hybridized carbons (Fsp3) is 0.889. The lowest BCUT2D eigenvalue weighted by atomic mass is 10.1. The smallest absolute Gasteiger partial charge is 0.325 e. The number of hydrogen-bond acceptors (Lipinski definition) is 4. The van der Waals surface area contributed by atoms with Crippen molar-refractivity contribution in [3.05, 3.63) is 0 Å². The van der Waals surface area contributed by atoms with Crippen molar-refractivity contribution in [2.45, 2.75) is 38.8 Å². The monoisotopic (exact) mass is 189 g/mol. The number of carbonyl (C=O) groups is 1. The van der Waals surface area contributed by atoms with Crippen LogP contribution in [0.4, 0.5) is 0 Å². The van der Waals surface area contributed by atoms with E-state index in [9.17, 15) is 4.79 Å². The van der Waals surface area contributed by atoms with Gasteiger partial charge in [0.1, 0.15) is 6.04 Å². The van der Waals surface area contributed by atoms with Crippen molar-refractivity contribution in [3.8, 4) is 0 Å². The number of nitrogens with one attached hydrogen (secondary N) is 1. The first kappa shape index (κ1) is 12.4. The Morgan fingerprint density at radius 2 is 2.00 bits per heavy atom. The minimum Gasteiger partial charge on any atom is -0.468 e. The van der Waals surface area contributed by atoms with E-state index in [1.807, 2.05) is 13.8 Å². The molecule has 0 rings (SSSR count). The van der Waals surface area contributed by atoms with Crippen molar-refractivity contribution in [1.29, 1.82) is 0 Å². The number of hydrogen-bond donors (Lipinski definition) is 2. The Morgan fingerprint density at radius 1 is 1.46 bits per heavy atom. The van der Waals surface area contributed by atoms with Crippen LogP contribution in [-0.2, 0) is 9.53 Å². The molecule has 0 aromatic carbocycles. The van der Waals surface area contributed by atoms with E-state index in [2.05, 4.69) is 10.1 Å². The predicted octanol–water partition coefficient (Wildman–Crippen LogP) is 0.298. The molecule has 0 aliphatic carbocycles. The van der Waals surface area contributed by atoms with Crippen molar-refractivity contribution >= 4 is 5.97 Å². The Bertz CT molecular complexity index is 146. The van der Waals surface area contributed by atoms with Gasteiger partial charge in [-0.15, -0.1) is 0 Å². The lowest BCUT2D eigenvalue weighted by molar-refractivity contribution is -0.144. The van der Waals surface area contributed by atoms with Gasteiger partial charge in [-0.3, -0.25) is 10.1 Å². The van der Waals surface area contributed by atoms with E-state index < -0.39 is 12.0 Å². The number of aliphatic hydroxyl groups excluding tert-OH is 1. The topological polar surface area (TPSA) is 58.6 Å². The van der Waals surface area contributed by atoms with Gasteiger partial charge < -0.3 is 9.84 Å². The molecule has 4 nitrogen and oxygen atoms in total. The van der Waals surface area contributed by atoms with Gasteiger partial charge in [-0.1, -0.05) is 13.8 Å². The van der Waals surface area contributed by atoms with Gasteiger partial charge in [0.15, 0.2) is 0 Å². The van der Waals surface area contributed by atoms with Crippen LogP contribution in [0.1, 0.15) is 26.7 Å². The van der Waals surface area contributed by atoms with Gasteiger partial charge in [0, 0.05) is 6.04 Å². The summed E-state index contributed by atoms with van der Waals surface area (Å²) in [5, 5.41) is 11.9. The first-order valence-electron chi connectivity index (χ1n) is 4.64. The van der Waals surface area contributed by atoms with Crippen LogP contribution >= 0.6 is 0 Å². The van der Waals surface area contributed by atoms with Gasteiger partial charge in [0.25, 0.3) is 0 Å². The molecule has 0 aliphatic heterocycles. The molecule has 0 unspecified atom stereocenters. The Labute approximate surface area is 79.3 Å². The van der Waals surface area contributed by atoms with E-state index in [0.717, 1.165) is 12.8 Å². The van der Waals surface area contributed by atoms with Gasteiger partial charge in [0.2, 0.25) is 0 Å². The molecule has 13 heavy (non-hydrogen) atoms. The number of aliphatic hydroxyl groups is 1. The Morgan fingerprint density at radius 3 is 2.31 bits per heavy atom. The van der Waals surface area contributed by atoms with E-state index in [1.54, 1.807) is 0 Å². The number of rotatable bonds is 6. The lowest BCUT2D eigenvalue weighted by Crippen LogP contribution is -2.45. The van der Waals surface area contributed by atoms with Crippen LogP contribution in [0.25, 0.3) is 0 Å². The van der Waals surface area contributed by atoms with Crippen molar-refractivity contribution in [1.82, 2.24) is 5.32 Å². The molecule has 2 N–H and O–H groups in total. The molecule has 0 saturated carbocycles. The molecule has 0 radical (unpaired) electrons. The maximum absolute atomic E-state index is 11.1. The van der Waals surface area contributed by atoms with E-state index in [0.29, 0.717) is 0 Å². The number of carbonyl (C=O) groups excluding carboxylic acids is 1. The van der Waals surface area contributed by atoms with E-state index >= 15 is 0 Å². The Kier molecular flexibility index (Phi) is 6.54. The highest BCUT2D eigenvalue weighted by Crippen LogP contribution is 1.99. The van der Waals surface area contributed by atoms with Crippen molar-refractivity contribution in [3.63, 3.8) is 0 Å². The zero-order chi connectivity index (χ0) is 10.3. The largest absolute Gasteiger partial charge is 0.468 e. The summed E-state index contributed by atoms with van der Waals surface area (Å²) in [6.45, 7) is 3.85. The minimum atomic E-state index is -0.588. The normalized spacial score (nSPS) is 13.0. The van der Waals surface area contributed by atoms with Crippen LogP contribution in [0.2, 0.25) is 0 Å². The maximum Gasteiger partial charge on any atom is 0.325 e. The molecule has 0 amide bonds. The highest BCUT2D eigenvalue weighted by atomic mass is 16.5. The summed E-state index contributed by atoms with van der Waals surface area (Å²) >= 11 is 0. The highest BCUT2D eigenvalue weighted by molar-refractivity contribution is 5.75. The summed E-state index contributed by atoms with van der Waals surface area (Å²) in [7, 11) is 1.32. The second-order valence-electron chi connectivity index (χ2n) is 2.94. The molecule has 0 saturated heterocycles. The SMILES string of the molecule is CCC(CC)N[C@H](CO)C(=O)OC. The minimum absolute atomic E-state index is 0.219. The standard InChI is InChI=1S/C9H19NO3/c1-4-7(5-2)10-8(6-11)9(12)13-3/h7-8,10-11H,4-6H2,1-3H3/t8-/m1/s1. The summed E-state index contributed by atoms with van der Waals surface area (Å²) in [5.41, 5.74) is 0. The molecule has 0 bridgehead atoms. The van der Waals surface area contributed by atoms with Gasteiger partial charge in [-0.2, -0.15) is 0 Å². The summed E-state index contributed by atoms with van der Waals surface area (Å²) < 4.78 is 4.53. The van der Waals surface area contributed by atoms with E-state index in [-0.39, 0.29) is 12.6 Å². The molecule has 0 fully saturated rings. The van der Waals surface area contributed by atoms with Gasteiger partial charge >= 0.3 is 5.97 Å². The molecule has 0 spiro atoms. The fourth-order valence-corrected chi connectivity index (χ4v) is 1.15. The quantitative estimate of drug-likeness (QED) is 0.590. The molecule has 4 heteroatoms. The molecule has 0 aromatic rings. The predicted molar refractivity (Wildman–Crippen MR) is 50.4 cm³/mol. The third-order valence-electron chi connectivity index (χ3n) is 2.09. The zero-order valence-electron chi connectivity index (χ0n) is 8.54. The zero-order valence-corrected chi connectivity index (χ0v) is 8.54. The van der Waals surface area contributed by atoms with Crippen molar-refractivity contribution in [2.75, 3.05) is 13.7 Å². The summed E-state index contributed by atoms with van der Waals surface area (Å²) in [5.74, 6) is -0.408. The molecular weight excluding hydrogens is 170 g/mol. The first-order chi connectivity index (χ1) is 6.19. The van der Waals surface area contributed by atoms with Crippen molar-refractivity contribution in [2.24, 2.45) is 0 Å². The second kappa shape index (κ2) is 6.86. The van der Waals surface area contributed by atoms with E-state index in [1.165, 1.54) is 7.11 Å². The van der Waals surface area contributed by atoms with Crippen LogP contribution in [0.15, 0.2) is 0 Å². The molecule has 0 aliphatic rings. The molecular formula is C9H19NO3. The first-order valence-corrected chi connectivity index (χ1v) is 4.64. The van der Waals surface area contributed by atoms with Crippen LogP contribution in [0, 0.1) is 0 Å². The maximum atomic E-state index is 11.1. The average Bonchev–Trinajstić information content (AvgIpc) is 2.19. The summed E-state index contributed by atoms with van der Waals surface area (Å²) in [4.78, 5) is 11.1.